The molecule has 0 aliphatic carbocycles. The van der Waals surface area contributed by atoms with Crippen molar-refractivity contribution >= 4 is 35.0 Å². The minimum absolute atomic E-state index is 0.101. The Bertz CT molecular complexity index is 1080. The van der Waals surface area contributed by atoms with Crippen LogP contribution in [0.25, 0.3) is 0 Å². The predicted molar refractivity (Wildman–Crippen MR) is 131 cm³/mol. The molecule has 0 radical (unpaired) electrons. The number of benzene rings is 2. The number of rotatable bonds is 9. The second-order valence-corrected chi connectivity index (χ2v) is 9.17. The van der Waals surface area contributed by atoms with E-state index in [1.807, 2.05) is 36.4 Å². The molecule has 3 aromatic rings. The maximum Gasteiger partial charge on any atom is 0.254 e. The van der Waals surface area contributed by atoms with Crippen LogP contribution >= 0.6 is 23.2 Å². The van der Waals surface area contributed by atoms with Gasteiger partial charge in [0.05, 0.1) is 18.9 Å². The van der Waals surface area contributed by atoms with Crippen LogP contribution in [0.3, 0.4) is 0 Å². The largest absolute Gasteiger partial charge is 0.467 e. The first-order chi connectivity index (χ1) is 16.5. The van der Waals surface area contributed by atoms with Gasteiger partial charge in [-0.15, -0.1) is 0 Å². The molecule has 2 heterocycles. The highest BCUT2D eigenvalue weighted by atomic mass is 35.5. The van der Waals surface area contributed by atoms with Crippen LogP contribution in [-0.2, 0) is 22.6 Å². The molecule has 0 saturated carbocycles. The van der Waals surface area contributed by atoms with Gasteiger partial charge in [-0.1, -0.05) is 53.5 Å². The number of amides is 2. The van der Waals surface area contributed by atoms with E-state index in [2.05, 4.69) is 0 Å². The molecule has 6 nitrogen and oxygen atoms in total. The van der Waals surface area contributed by atoms with E-state index in [0.29, 0.717) is 47.6 Å². The smallest absolute Gasteiger partial charge is 0.254 e. The Hall–Kier alpha value is -2.80. The van der Waals surface area contributed by atoms with Crippen molar-refractivity contribution < 1.29 is 18.7 Å². The van der Waals surface area contributed by atoms with Crippen LogP contribution in [0.1, 0.15) is 34.5 Å². The first-order valence-electron chi connectivity index (χ1n) is 11.2. The van der Waals surface area contributed by atoms with E-state index >= 15 is 0 Å². The van der Waals surface area contributed by atoms with Gasteiger partial charge >= 0.3 is 0 Å². The van der Waals surface area contributed by atoms with Crippen molar-refractivity contribution in [2.24, 2.45) is 0 Å². The lowest BCUT2D eigenvalue weighted by molar-refractivity contribution is -0.133. The molecule has 1 atom stereocenters. The van der Waals surface area contributed by atoms with Gasteiger partial charge in [-0.25, -0.2) is 0 Å². The number of furan rings is 1. The number of hydrogen-bond donors (Lipinski definition) is 0. The summed E-state index contributed by atoms with van der Waals surface area (Å²) in [6, 6.07) is 18.0. The molecule has 0 unspecified atom stereocenters. The van der Waals surface area contributed by atoms with Crippen molar-refractivity contribution in [1.29, 1.82) is 0 Å². The van der Waals surface area contributed by atoms with Gasteiger partial charge in [0.2, 0.25) is 5.91 Å². The average molecular weight is 501 g/mol. The number of carbonyl (C=O) groups is 2. The molecule has 2 aromatic carbocycles. The molecular weight excluding hydrogens is 475 g/mol. The Morgan fingerprint density at radius 3 is 2.35 bits per heavy atom. The second kappa shape index (κ2) is 11.6. The minimum atomic E-state index is -0.314. The summed E-state index contributed by atoms with van der Waals surface area (Å²) >= 11 is 12.3. The van der Waals surface area contributed by atoms with Crippen molar-refractivity contribution in [3.8, 4) is 0 Å². The lowest BCUT2D eigenvalue weighted by Crippen LogP contribution is -2.45. The Morgan fingerprint density at radius 1 is 0.941 bits per heavy atom. The predicted octanol–water partition coefficient (Wildman–Crippen LogP) is 5.44. The zero-order chi connectivity index (χ0) is 23.9. The van der Waals surface area contributed by atoms with Crippen LogP contribution < -0.4 is 0 Å². The Balaban J connectivity index is 1.56. The van der Waals surface area contributed by atoms with Crippen LogP contribution in [-0.4, -0.2) is 47.4 Å². The zero-order valence-corrected chi connectivity index (χ0v) is 20.2. The van der Waals surface area contributed by atoms with E-state index in [1.54, 1.807) is 35.4 Å². The number of nitrogens with zero attached hydrogens (tertiary/aromatic N) is 2. The monoisotopic (exact) mass is 500 g/mol. The molecule has 178 valence electrons. The van der Waals surface area contributed by atoms with E-state index in [4.69, 9.17) is 32.4 Å². The molecule has 0 bridgehead atoms. The van der Waals surface area contributed by atoms with E-state index < -0.39 is 0 Å². The number of carbonyl (C=O) groups excluding carboxylic acids is 2. The van der Waals surface area contributed by atoms with Crippen molar-refractivity contribution in [2.75, 3.05) is 19.7 Å². The molecule has 8 heteroatoms. The highest BCUT2D eigenvalue weighted by Gasteiger charge is 2.28. The lowest BCUT2D eigenvalue weighted by Gasteiger charge is -2.29. The SMILES string of the molecule is O=C(CN(C[C@H]1CCCO1)C(=O)c1cc(Cl)cc(Cl)c1)N(Cc1ccccc1)Cc1ccco1. The van der Waals surface area contributed by atoms with Crippen molar-refractivity contribution in [2.45, 2.75) is 32.0 Å². The first kappa shape index (κ1) is 24.3. The highest BCUT2D eigenvalue weighted by molar-refractivity contribution is 6.35. The average Bonchev–Trinajstić information content (AvgIpc) is 3.52. The molecule has 2 amide bonds. The third-order valence-corrected chi connectivity index (χ3v) is 6.10. The molecule has 34 heavy (non-hydrogen) atoms. The molecule has 1 aliphatic heterocycles. The van der Waals surface area contributed by atoms with Crippen molar-refractivity contribution in [3.05, 3.63) is 93.9 Å². The van der Waals surface area contributed by atoms with E-state index in [0.717, 1.165) is 18.4 Å². The summed E-state index contributed by atoms with van der Waals surface area (Å²) in [5.74, 6) is 0.161. The maximum absolute atomic E-state index is 13.5. The molecule has 1 aromatic heterocycles. The van der Waals surface area contributed by atoms with Gasteiger partial charge in [0.25, 0.3) is 5.91 Å². The standard InChI is InChI=1S/C26H26Cl2N2O4/c27-21-12-20(13-22(28)14-21)26(32)30(17-24-9-5-11-34-24)18-25(31)29(16-23-8-4-10-33-23)15-19-6-2-1-3-7-19/h1-4,6-8,10,12-14,24H,5,9,11,15-18H2/t24-/m1/s1. The van der Waals surface area contributed by atoms with Crippen LogP contribution in [0.4, 0.5) is 0 Å². The zero-order valence-electron chi connectivity index (χ0n) is 18.7. The topological polar surface area (TPSA) is 63.0 Å². The molecule has 1 fully saturated rings. The van der Waals surface area contributed by atoms with Crippen LogP contribution in [0.2, 0.25) is 10.0 Å². The number of ether oxygens (including phenoxy) is 1. The van der Waals surface area contributed by atoms with Crippen LogP contribution in [0, 0.1) is 0 Å². The van der Waals surface area contributed by atoms with Crippen LogP contribution in [0.5, 0.6) is 0 Å². The fraction of sp³-hybridized carbons (Fsp3) is 0.308. The summed E-state index contributed by atoms with van der Waals surface area (Å²) in [4.78, 5) is 30.2. The number of halogens is 2. The molecular formula is C26H26Cl2N2O4. The molecule has 4 rings (SSSR count). The van der Waals surface area contributed by atoms with Gasteiger partial charge < -0.3 is 19.0 Å². The van der Waals surface area contributed by atoms with Crippen LogP contribution in [0.15, 0.2) is 71.3 Å². The summed E-state index contributed by atoms with van der Waals surface area (Å²) in [6.45, 7) is 1.56. The summed E-state index contributed by atoms with van der Waals surface area (Å²) in [5.41, 5.74) is 1.32. The molecule has 1 aliphatic rings. The van der Waals surface area contributed by atoms with Gasteiger partial charge in [-0.05, 0) is 48.7 Å². The van der Waals surface area contributed by atoms with E-state index in [9.17, 15) is 9.59 Å². The van der Waals surface area contributed by atoms with Gasteiger partial charge in [0, 0.05) is 35.3 Å². The molecule has 1 saturated heterocycles. The van der Waals surface area contributed by atoms with Gasteiger partial charge in [0.15, 0.2) is 0 Å². The normalized spacial score (nSPS) is 15.3. The first-order valence-corrected chi connectivity index (χ1v) is 11.9. The Morgan fingerprint density at radius 2 is 1.71 bits per heavy atom. The van der Waals surface area contributed by atoms with Gasteiger partial charge in [-0.3, -0.25) is 9.59 Å². The highest BCUT2D eigenvalue weighted by Crippen LogP contribution is 2.22. The third-order valence-electron chi connectivity index (χ3n) is 5.67. The lowest BCUT2D eigenvalue weighted by atomic mass is 10.1. The maximum atomic E-state index is 13.5. The van der Waals surface area contributed by atoms with E-state index in [1.165, 1.54) is 4.90 Å². The van der Waals surface area contributed by atoms with Gasteiger partial charge in [-0.2, -0.15) is 0 Å². The Kier molecular flexibility index (Phi) is 8.27. The fourth-order valence-electron chi connectivity index (χ4n) is 4.00. The quantitative estimate of drug-likeness (QED) is 0.392. The van der Waals surface area contributed by atoms with Crippen molar-refractivity contribution in [1.82, 2.24) is 9.80 Å². The second-order valence-electron chi connectivity index (χ2n) is 8.29. The third kappa shape index (κ3) is 6.63. The number of hydrogen-bond acceptors (Lipinski definition) is 4. The fourth-order valence-corrected chi connectivity index (χ4v) is 4.53. The Labute approximate surface area is 209 Å². The summed E-state index contributed by atoms with van der Waals surface area (Å²) in [7, 11) is 0. The van der Waals surface area contributed by atoms with Crippen molar-refractivity contribution in [3.63, 3.8) is 0 Å². The summed E-state index contributed by atoms with van der Waals surface area (Å²) < 4.78 is 11.2. The van der Waals surface area contributed by atoms with Gasteiger partial charge in [0.1, 0.15) is 12.3 Å². The summed E-state index contributed by atoms with van der Waals surface area (Å²) in [6.07, 6.45) is 3.24. The minimum Gasteiger partial charge on any atom is -0.467 e. The summed E-state index contributed by atoms with van der Waals surface area (Å²) in [5, 5.41) is 0.727. The van der Waals surface area contributed by atoms with E-state index in [-0.39, 0.29) is 24.5 Å². The molecule has 0 spiro atoms. The molecule has 0 N–H and O–H groups in total.